The molecule has 0 aliphatic heterocycles. The molecule has 2 rings (SSSR count). The Hall–Kier alpha value is -0.870. The summed E-state index contributed by atoms with van der Waals surface area (Å²) >= 11 is 1.67. The zero-order chi connectivity index (χ0) is 13.3. The molecule has 18 heavy (non-hydrogen) atoms. The van der Waals surface area contributed by atoms with Crippen LogP contribution in [0.2, 0.25) is 0 Å². The Morgan fingerprint density at radius 1 is 1.28 bits per heavy atom. The molecule has 0 radical (unpaired) electrons. The van der Waals surface area contributed by atoms with E-state index in [0.29, 0.717) is 0 Å². The van der Waals surface area contributed by atoms with Gasteiger partial charge in [-0.15, -0.1) is 11.8 Å². The van der Waals surface area contributed by atoms with Gasteiger partial charge in [0, 0.05) is 17.0 Å². The van der Waals surface area contributed by atoms with E-state index in [9.17, 15) is 0 Å². The largest absolute Gasteiger partial charge is 0.497 e. The molecular weight excluding hydrogens is 246 g/mol. The highest BCUT2D eigenvalue weighted by Gasteiger charge is 2.49. The van der Waals surface area contributed by atoms with Gasteiger partial charge in [0.25, 0.3) is 0 Å². The van der Waals surface area contributed by atoms with Crippen molar-refractivity contribution >= 4 is 11.8 Å². The zero-order valence-electron chi connectivity index (χ0n) is 11.4. The van der Waals surface area contributed by atoms with E-state index < -0.39 is 0 Å². The number of nitrogens with two attached hydrogens (primary N) is 1. The van der Waals surface area contributed by atoms with Crippen molar-refractivity contribution in [2.45, 2.75) is 36.1 Å². The predicted molar refractivity (Wildman–Crippen MR) is 75.9 cm³/mol. The Kier molecular flexibility index (Phi) is 3.78. The number of hydrogen-bond acceptors (Lipinski definition) is 4. The first kappa shape index (κ1) is 13.6. The van der Waals surface area contributed by atoms with Crippen LogP contribution in [-0.2, 0) is 5.41 Å². The van der Waals surface area contributed by atoms with E-state index in [4.69, 9.17) is 15.2 Å². The smallest absolute Gasteiger partial charge is 0.136 e. The first-order valence-corrected chi connectivity index (χ1v) is 7.37. The zero-order valence-corrected chi connectivity index (χ0v) is 12.3. The Morgan fingerprint density at radius 3 is 2.33 bits per heavy atom. The van der Waals surface area contributed by atoms with Crippen LogP contribution in [0, 0.1) is 0 Å². The van der Waals surface area contributed by atoms with E-state index in [1.807, 2.05) is 12.3 Å². The van der Waals surface area contributed by atoms with Crippen LogP contribution in [0.15, 0.2) is 17.0 Å². The molecule has 100 valence electrons. The van der Waals surface area contributed by atoms with Gasteiger partial charge >= 0.3 is 0 Å². The molecule has 4 heteroatoms. The first-order valence-electron chi connectivity index (χ1n) is 6.15. The van der Waals surface area contributed by atoms with Crippen LogP contribution in [0.25, 0.3) is 0 Å². The van der Waals surface area contributed by atoms with Crippen LogP contribution in [0.1, 0.15) is 25.3 Å². The molecule has 0 amide bonds. The average Bonchev–Trinajstić information content (AvgIpc) is 3.18. The molecular formula is C14H21NO2S. The van der Waals surface area contributed by atoms with Crippen molar-refractivity contribution in [2.24, 2.45) is 5.73 Å². The van der Waals surface area contributed by atoms with Gasteiger partial charge in [-0.1, -0.05) is 0 Å². The van der Waals surface area contributed by atoms with Crippen LogP contribution in [0.3, 0.4) is 0 Å². The van der Waals surface area contributed by atoms with E-state index in [-0.39, 0.29) is 11.5 Å². The molecule has 1 aromatic rings. The normalized spacial score (nSPS) is 18.3. The lowest BCUT2D eigenvalue weighted by Crippen LogP contribution is -2.32. The highest BCUT2D eigenvalue weighted by Crippen LogP contribution is 2.55. The molecule has 0 aromatic heterocycles. The maximum Gasteiger partial charge on any atom is 0.136 e. The molecule has 0 spiro atoms. The number of methoxy groups -OCH3 is 2. The minimum atomic E-state index is 0.0738. The molecule has 1 unspecified atom stereocenters. The van der Waals surface area contributed by atoms with Gasteiger partial charge in [0.1, 0.15) is 11.5 Å². The first-order chi connectivity index (χ1) is 8.58. The van der Waals surface area contributed by atoms with Gasteiger partial charge < -0.3 is 15.2 Å². The van der Waals surface area contributed by atoms with Crippen LogP contribution in [0.4, 0.5) is 0 Å². The Labute approximate surface area is 113 Å². The lowest BCUT2D eigenvalue weighted by molar-refractivity contribution is 0.379. The number of ether oxygens (including phenoxy) is 2. The molecule has 1 saturated carbocycles. The van der Waals surface area contributed by atoms with Gasteiger partial charge in [0.2, 0.25) is 0 Å². The second-order valence-corrected chi connectivity index (χ2v) is 5.70. The van der Waals surface area contributed by atoms with Crippen molar-refractivity contribution in [2.75, 3.05) is 20.5 Å². The summed E-state index contributed by atoms with van der Waals surface area (Å²) in [4.78, 5) is 1.11. The van der Waals surface area contributed by atoms with Crippen molar-refractivity contribution in [1.82, 2.24) is 0 Å². The Morgan fingerprint density at radius 2 is 1.94 bits per heavy atom. The van der Waals surface area contributed by atoms with E-state index >= 15 is 0 Å². The van der Waals surface area contributed by atoms with Crippen molar-refractivity contribution in [1.29, 1.82) is 0 Å². The van der Waals surface area contributed by atoms with Crippen LogP contribution >= 0.6 is 11.8 Å². The molecule has 3 nitrogen and oxygen atoms in total. The maximum absolute atomic E-state index is 6.17. The van der Waals surface area contributed by atoms with Crippen LogP contribution in [0.5, 0.6) is 11.5 Å². The summed E-state index contributed by atoms with van der Waals surface area (Å²) in [6.07, 6.45) is 4.30. The molecule has 1 fully saturated rings. The third-order valence-corrected chi connectivity index (χ3v) is 4.63. The lowest BCUT2D eigenvalue weighted by atomic mass is 9.88. The van der Waals surface area contributed by atoms with E-state index in [1.165, 1.54) is 5.56 Å². The fourth-order valence-electron chi connectivity index (χ4n) is 2.53. The molecule has 1 aliphatic rings. The second kappa shape index (κ2) is 5.02. The summed E-state index contributed by atoms with van der Waals surface area (Å²) < 4.78 is 11.0. The minimum absolute atomic E-state index is 0.0738. The summed E-state index contributed by atoms with van der Waals surface area (Å²) in [5.74, 6) is 1.83. The highest BCUT2D eigenvalue weighted by molar-refractivity contribution is 7.98. The summed E-state index contributed by atoms with van der Waals surface area (Å²) in [7, 11) is 3.42. The van der Waals surface area contributed by atoms with Crippen molar-refractivity contribution in [3.8, 4) is 11.5 Å². The Balaban J connectivity index is 2.57. The van der Waals surface area contributed by atoms with Gasteiger partial charge in [-0.3, -0.25) is 0 Å². The van der Waals surface area contributed by atoms with Crippen molar-refractivity contribution in [3.63, 3.8) is 0 Å². The summed E-state index contributed by atoms with van der Waals surface area (Å²) in [6.45, 7) is 2.07. The topological polar surface area (TPSA) is 44.5 Å². The lowest BCUT2D eigenvalue weighted by Gasteiger charge is -2.24. The second-order valence-electron chi connectivity index (χ2n) is 4.86. The van der Waals surface area contributed by atoms with Gasteiger partial charge in [-0.2, -0.15) is 0 Å². The third kappa shape index (κ3) is 2.08. The number of thioether (sulfide) groups is 1. The summed E-state index contributed by atoms with van der Waals surface area (Å²) in [5, 5.41) is 0. The predicted octanol–water partition coefficient (Wildman–Crippen LogP) is 2.80. The third-order valence-electron chi connectivity index (χ3n) is 3.88. The number of rotatable bonds is 5. The SMILES string of the molecule is COc1cc(SC)c(OC)c(C2(C(C)N)CC2)c1. The average molecular weight is 267 g/mol. The maximum atomic E-state index is 6.17. The summed E-state index contributed by atoms with van der Waals surface area (Å²) in [6, 6.07) is 4.23. The van der Waals surface area contributed by atoms with E-state index in [1.54, 1.807) is 26.0 Å². The monoisotopic (exact) mass is 267 g/mol. The van der Waals surface area contributed by atoms with Gasteiger partial charge in [-0.25, -0.2) is 0 Å². The van der Waals surface area contributed by atoms with Crippen LogP contribution < -0.4 is 15.2 Å². The molecule has 0 saturated heterocycles. The molecule has 1 atom stereocenters. The van der Waals surface area contributed by atoms with Crippen LogP contribution in [-0.4, -0.2) is 26.5 Å². The highest BCUT2D eigenvalue weighted by atomic mass is 32.2. The number of hydrogen-bond donors (Lipinski definition) is 1. The number of benzene rings is 1. The molecule has 2 N–H and O–H groups in total. The molecule has 1 aromatic carbocycles. The minimum Gasteiger partial charge on any atom is -0.497 e. The van der Waals surface area contributed by atoms with Crippen molar-refractivity contribution in [3.05, 3.63) is 17.7 Å². The standard InChI is InChI=1S/C14H21NO2S/c1-9(15)14(5-6-14)11-7-10(16-2)8-12(18-4)13(11)17-3/h7-9H,5-6,15H2,1-4H3. The molecule has 0 heterocycles. The van der Waals surface area contributed by atoms with Gasteiger partial charge in [0.05, 0.1) is 19.1 Å². The van der Waals surface area contributed by atoms with E-state index in [2.05, 4.69) is 13.0 Å². The summed E-state index contributed by atoms with van der Waals surface area (Å²) in [5.41, 5.74) is 7.44. The van der Waals surface area contributed by atoms with Gasteiger partial charge in [0.15, 0.2) is 0 Å². The fraction of sp³-hybridized carbons (Fsp3) is 0.571. The van der Waals surface area contributed by atoms with Crippen molar-refractivity contribution < 1.29 is 9.47 Å². The molecule has 1 aliphatic carbocycles. The molecule has 0 bridgehead atoms. The Bertz CT molecular complexity index is 442. The quantitative estimate of drug-likeness (QED) is 0.833. The van der Waals surface area contributed by atoms with E-state index in [0.717, 1.165) is 29.2 Å². The van der Waals surface area contributed by atoms with Gasteiger partial charge in [-0.05, 0) is 38.2 Å². The fourth-order valence-corrected chi connectivity index (χ4v) is 3.14.